The van der Waals surface area contributed by atoms with E-state index in [9.17, 15) is 8.42 Å². The molecule has 1 aromatic rings. The molecule has 0 aliphatic heterocycles. The second-order valence-corrected chi connectivity index (χ2v) is 5.84. The molecule has 4 heteroatoms. The Balaban J connectivity index is 3.18. The average Bonchev–Trinajstić information content (AvgIpc) is 2.20. The minimum atomic E-state index is -3.34. The van der Waals surface area contributed by atoms with E-state index in [1.54, 1.807) is 6.07 Å². The number of aryl methyl sites for hydroxylation is 3. The van der Waals surface area contributed by atoms with Crippen molar-refractivity contribution in [3.05, 3.63) is 28.8 Å². The SMILES string of the molecule is CCCNS(=O)(=O)c1cc(C)c(C)cc1C. The molecule has 1 aromatic carbocycles. The molecule has 90 valence electrons. The summed E-state index contributed by atoms with van der Waals surface area (Å²) in [6.07, 6.45) is 0.795. The quantitative estimate of drug-likeness (QED) is 0.879. The minimum Gasteiger partial charge on any atom is -0.211 e. The normalized spacial score (nSPS) is 11.8. The summed E-state index contributed by atoms with van der Waals surface area (Å²) >= 11 is 0. The molecule has 0 saturated heterocycles. The molecule has 3 nitrogen and oxygen atoms in total. The molecular weight excluding hydrogens is 222 g/mol. The molecule has 0 atom stereocenters. The van der Waals surface area contributed by atoms with Gasteiger partial charge in [-0.25, -0.2) is 13.1 Å². The molecule has 0 heterocycles. The fourth-order valence-electron chi connectivity index (χ4n) is 1.54. The Morgan fingerprint density at radius 3 is 2.19 bits per heavy atom. The lowest BCUT2D eigenvalue weighted by Crippen LogP contribution is -2.25. The Morgan fingerprint density at radius 2 is 1.62 bits per heavy atom. The van der Waals surface area contributed by atoms with Crippen LogP contribution in [0.15, 0.2) is 17.0 Å². The van der Waals surface area contributed by atoms with E-state index in [1.807, 2.05) is 33.8 Å². The third kappa shape index (κ3) is 2.83. The highest BCUT2D eigenvalue weighted by Gasteiger charge is 2.16. The van der Waals surface area contributed by atoms with Gasteiger partial charge in [-0.15, -0.1) is 0 Å². The summed E-state index contributed by atoms with van der Waals surface area (Å²) < 4.78 is 26.5. The Labute approximate surface area is 97.9 Å². The molecule has 0 bridgehead atoms. The topological polar surface area (TPSA) is 46.2 Å². The van der Waals surface area contributed by atoms with Crippen LogP contribution in [-0.2, 0) is 10.0 Å². The molecular formula is C12H19NO2S. The van der Waals surface area contributed by atoms with Gasteiger partial charge in [-0.05, 0) is 49.9 Å². The lowest BCUT2D eigenvalue weighted by Gasteiger charge is -2.11. The fourth-order valence-corrected chi connectivity index (χ4v) is 2.98. The zero-order valence-electron chi connectivity index (χ0n) is 10.3. The van der Waals surface area contributed by atoms with E-state index in [1.165, 1.54) is 0 Å². The van der Waals surface area contributed by atoms with Crippen molar-refractivity contribution in [1.29, 1.82) is 0 Å². The number of sulfonamides is 1. The first-order valence-electron chi connectivity index (χ1n) is 5.46. The minimum absolute atomic E-state index is 0.393. The fraction of sp³-hybridized carbons (Fsp3) is 0.500. The van der Waals surface area contributed by atoms with Crippen LogP contribution < -0.4 is 4.72 Å². The van der Waals surface area contributed by atoms with E-state index >= 15 is 0 Å². The summed E-state index contributed by atoms with van der Waals surface area (Å²) in [6.45, 7) is 8.16. The van der Waals surface area contributed by atoms with Crippen molar-refractivity contribution in [2.24, 2.45) is 0 Å². The van der Waals surface area contributed by atoms with Crippen LogP contribution in [0.25, 0.3) is 0 Å². The first kappa shape index (κ1) is 13.2. The van der Waals surface area contributed by atoms with Crippen molar-refractivity contribution >= 4 is 10.0 Å². The molecule has 0 amide bonds. The van der Waals surface area contributed by atoms with Crippen LogP contribution in [0.4, 0.5) is 0 Å². The smallest absolute Gasteiger partial charge is 0.211 e. The summed E-state index contributed by atoms with van der Waals surface area (Å²) in [4.78, 5) is 0.393. The van der Waals surface area contributed by atoms with Crippen molar-refractivity contribution in [2.75, 3.05) is 6.54 Å². The molecule has 16 heavy (non-hydrogen) atoms. The Kier molecular flexibility index (Phi) is 4.10. The summed E-state index contributed by atoms with van der Waals surface area (Å²) in [5, 5.41) is 0. The molecule has 0 unspecified atom stereocenters. The second-order valence-electron chi connectivity index (χ2n) is 4.10. The van der Waals surface area contributed by atoms with Crippen LogP contribution >= 0.6 is 0 Å². The highest BCUT2D eigenvalue weighted by Crippen LogP contribution is 2.19. The van der Waals surface area contributed by atoms with Gasteiger partial charge in [0.15, 0.2) is 0 Å². The van der Waals surface area contributed by atoms with Crippen LogP contribution in [0.5, 0.6) is 0 Å². The molecule has 1 rings (SSSR count). The van der Waals surface area contributed by atoms with Gasteiger partial charge in [0.2, 0.25) is 10.0 Å². The van der Waals surface area contributed by atoms with Crippen LogP contribution in [0, 0.1) is 20.8 Å². The van der Waals surface area contributed by atoms with E-state index in [0.29, 0.717) is 11.4 Å². The van der Waals surface area contributed by atoms with E-state index < -0.39 is 10.0 Å². The molecule has 0 radical (unpaired) electrons. The summed E-state index contributed by atoms with van der Waals surface area (Å²) in [5.74, 6) is 0. The number of hydrogen-bond acceptors (Lipinski definition) is 2. The van der Waals surface area contributed by atoms with Gasteiger partial charge in [-0.1, -0.05) is 13.0 Å². The van der Waals surface area contributed by atoms with E-state index in [4.69, 9.17) is 0 Å². The number of benzene rings is 1. The maximum absolute atomic E-state index is 12.0. The maximum Gasteiger partial charge on any atom is 0.240 e. The van der Waals surface area contributed by atoms with E-state index in [2.05, 4.69) is 4.72 Å². The van der Waals surface area contributed by atoms with Gasteiger partial charge in [0.05, 0.1) is 4.90 Å². The molecule has 0 fully saturated rings. The highest BCUT2D eigenvalue weighted by molar-refractivity contribution is 7.89. The predicted octanol–water partition coefficient (Wildman–Crippen LogP) is 2.30. The lowest BCUT2D eigenvalue weighted by molar-refractivity contribution is 0.580. The Morgan fingerprint density at radius 1 is 1.06 bits per heavy atom. The second kappa shape index (κ2) is 4.97. The van der Waals surface area contributed by atoms with Gasteiger partial charge in [-0.2, -0.15) is 0 Å². The third-order valence-electron chi connectivity index (χ3n) is 2.62. The largest absolute Gasteiger partial charge is 0.240 e. The average molecular weight is 241 g/mol. The van der Waals surface area contributed by atoms with Crippen molar-refractivity contribution < 1.29 is 8.42 Å². The maximum atomic E-state index is 12.0. The molecule has 0 aromatic heterocycles. The van der Waals surface area contributed by atoms with Gasteiger partial charge < -0.3 is 0 Å². The molecule has 0 spiro atoms. The number of hydrogen-bond donors (Lipinski definition) is 1. The van der Waals surface area contributed by atoms with Crippen molar-refractivity contribution in [2.45, 2.75) is 39.0 Å². The molecule has 1 N–H and O–H groups in total. The Hall–Kier alpha value is -0.870. The van der Waals surface area contributed by atoms with Crippen molar-refractivity contribution in [1.82, 2.24) is 4.72 Å². The summed E-state index contributed by atoms with van der Waals surface area (Å²) in [5.41, 5.74) is 2.92. The molecule has 0 aliphatic rings. The summed E-state index contributed by atoms with van der Waals surface area (Å²) in [7, 11) is -3.34. The zero-order valence-corrected chi connectivity index (χ0v) is 11.1. The van der Waals surface area contributed by atoms with Crippen LogP contribution in [0.2, 0.25) is 0 Å². The lowest BCUT2D eigenvalue weighted by atomic mass is 10.1. The molecule has 0 aliphatic carbocycles. The first-order chi connectivity index (χ1) is 7.38. The zero-order chi connectivity index (χ0) is 12.3. The monoisotopic (exact) mass is 241 g/mol. The van der Waals surface area contributed by atoms with Gasteiger partial charge in [0, 0.05) is 6.54 Å². The highest BCUT2D eigenvalue weighted by atomic mass is 32.2. The predicted molar refractivity (Wildman–Crippen MR) is 66.1 cm³/mol. The summed E-state index contributed by atoms with van der Waals surface area (Å²) in [6, 6.07) is 3.65. The van der Waals surface area contributed by atoms with Gasteiger partial charge >= 0.3 is 0 Å². The van der Waals surface area contributed by atoms with Crippen LogP contribution in [0.3, 0.4) is 0 Å². The van der Waals surface area contributed by atoms with Crippen LogP contribution in [-0.4, -0.2) is 15.0 Å². The first-order valence-corrected chi connectivity index (χ1v) is 6.94. The Bertz CT molecular complexity index is 478. The number of nitrogens with one attached hydrogen (secondary N) is 1. The van der Waals surface area contributed by atoms with E-state index in [0.717, 1.165) is 23.1 Å². The van der Waals surface area contributed by atoms with Gasteiger partial charge in [-0.3, -0.25) is 0 Å². The van der Waals surface area contributed by atoms with Crippen molar-refractivity contribution in [3.63, 3.8) is 0 Å². The van der Waals surface area contributed by atoms with Gasteiger partial charge in [0.1, 0.15) is 0 Å². The third-order valence-corrected chi connectivity index (χ3v) is 4.23. The van der Waals surface area contributed by atoms with E-state index in [-0.39, 0.29) is 0 Å². The van der Waals surface area contributed by atoms with Crippen molar-refractivity contribution in [3.8, 4) is 0 Å². The number of rotatable bonds is 4. The van der Waals surface area contributed by atoms with Crippen LogP contribution in [0.1, 0.15) is 30.0 Å². The van der Waals surface area contributed by atoms with Gasteiger partial charge in [0.25, 0.3) is 0 Å². The standard InChI is InChI=1S/C12H19NO2S/c1-5-6-13-16(14,15)12-8-10(3)9(2)7-11(12)4/h7-8,13H,5-6H2,1-4H3. The molecule has 0 saturated carbocycles.